The molecule has 3 aromatic rings. The summed E-state index contributed by atoms with van der Waals surface area (Å²) in [7, 11) is 0. The Hall–Kier alpha value is -2.93. The van der Waals surface area contributed by atoms with Gasteiger partial charge in [0.25, 0.3) is 5.91 Å². The molecule has 30 heavy (non-hydrogen) atoms. The van der Waals surface area contributed by atoms with Crippen LogP contribution in [0.5, 0.6) is 0 Å². The van der Waals surface area contributed by atoms with Crippen LogP contribution in [-0.4, -0.2) is 22.6 Å². The van der Waals surface area contributed by atoms with Gasteiger partial charge in [0.1, 0.15) is 5.60 Å². The van der Waals surface area contributed by atoms with E-state index in [0.717, 1.165) is 38.2 Å². The first-order valence-electron chi connectivity index (χ1n) is 9.73. The molecule has 158 valence electrons. The van der Waals surface area contributed by atoms with Crippen molar-refractivity contribution in [2.45, 2.75) is 54.1 Å². The minimum absolute atomic E-state index is 0.176. The van der Waals surface area contributed by atoms with E-state index >= 15 is 0 Å². The maximum Gasteiger partial charge on any atom is 0.413 e. The lowest BCUT2D eigenvalue weighted by Crippen LogP contribution is -2.27. The molecule has 3 rings (SSSR count). The standard InChI is InChI=1S/C23H27N3O3S/c1-12-8-13(2)18(14(3)9-12)24-20(27)16-10-15(4)19-17(11-16)30-21(25-19)26-22(28)29-23(5,6)7/h8-11H,1-7H3,(H,24,27)(H,25,26,28). The fourth-order valence-electron chi connectivity index (χ4n) is 3.34. The Morgan fingerprint density at radius 3 is 2.17 bits per heavy atom. The first-order valence-corrected chi connectivity index (χ1v) is 10.5. The molecular formula is C23H27N3O3S. The van der Waals surface area contributed by atoms with Crippen LogP contribution in [0.25, 0.3) is 10.2 Å². The molecule has 0 saturated carbocycles. The highest BCUT2D eigenvalue weighted by Gasteiger charge is 2.19. The van der Waals surface area contributed by atoms with E-state index in [-0.39, 0.29) is 5.91 Å². The van der Waals surface area contributed by atoms with Crippen molar-refractivity contribution in [3.8, 4) is 0 Å². The Morgan fingerprint density at radius 1 is 0.933 bits per heavy atom. The fourth-order valence-corrected chi connectivity index (χ4v) is 4.30. The topological polar surface area (TPSA) is 80.3 Å². The second-order valence-corrected chi connectivity index (χ2v) is 9.54. The lowest BCUT2D eigenvalue weighted by molar-refractivity contribution is 0.0635. The van der Waals surface area contributed by atoms with Crippen LogP contribution in [0.4, 0.5) is 15.6 Å². The number of hydrogen-bond acceptors (Lipinski definition) is 5. The van der Waals surface area contributed by atoms with Crippen LogP contribution in [0.3, 0.4) is 0 Å². The molecule has 0 bridgehead atoms. The number of nitrogens with zero attached hydrogens (tertiary/aromatic N) is 1. The molecule has 0 fully saturated rings. The summed E-state index contributed by atoms with van der Waals surface area (Å²) in [6, 6.07) is 7.71. The van der Waals surface area contributed by atoms with Crippen LogP contribution in [0.15, 0.2) is 24.3 Å². The van der Waals surface area contributed by atoms with Crippen LogP contribution in [0.2, 0.25) is 0 Å². The third-order valence-corrected chi connectivity index (χ3v) is 5.39. The van der Waals surface area contributed by atoms with E-state index in [2.05, 4.69) is 27.8 Å². The number of carbonyl (C=O) groups is 2. The lowest BCUT2D eigenvalue weighted by Gasteiger charge is -2.18. The van der Waals surface area contributed by atoms with E-state index < -0.39 is 11.7 Å². The van der Waals surface area contributed by atoms with Crippen molar-refractivity contribution >= 4 is 44.4 Å². The van der Waals surface area contributed by atoms with Crippen LogP contribution in [-0.2, 0) is 4.74 Å². The van der Waals surface area contributed by atoms with Gasteiger partial charge in [0, 0.05) is 11.3 Å². The van der Waals surface area contributed by atoms with E-state index in [1.807, 2.05) is 33.8 Å². The number of amides is 2. The molecule has 0 aliphatic heterocycles. The summed E-state index contributed by atoms with van der Waals surface area (Å²) in [5.74, 6) is -0.176. The van der Waals surface area contributed by atoms with Crippen molar-refractivity contribution in [2.24, 2.45) is 0 Å². The lowest BCUT2D eigenvalue weighted by atomic mass is 10.0. The van der Waals surface area contributed by atoms with E-state index in [0.29, 0.717) is 10.7 Å². The quantitative estimate of drug-likeness (QED) is 0.529. The van der Waals surface area contributed by atoms with E-state index in [1.165, 1.54) is 11.3 Å². The summed E-state index contributed by atoms with van der Waals surface area (Å²) in [5, 5.41) is 6.14. The van der Waals surface area contributed by atoms with Gasteiger partial charge in [-0.1, -0.05) is 29.0 Å². The second kappa shape index (κ2) is 8.07. The van der Waals surface area contributed by atoms with Gasteiger partial charge in [-0.2, -0.15) is 0 Å². The highest BCUT2D eigenvalue weighted by Crippen LogP contribution is 2.30. The molecule has 1 heterocycles. The van der Waals surface area contributed by atoms with Gasteiger partial charge in [-0.25, -0.2) is 9.78 Å². The zero-order valence-corrected chi connectivity index (χ0v) is 19.2. The van der Waals surface area contributed by atoms with E-state index in [4.69, 9.17) is 4.74 Å². The number of rotatable bonds is 3. The largest absolute Gasteiger partial charge is 0.444 e. The summed E-state index contributed by atoms with van der Waals surface area (Å²) in [4.78, 5) is 29.4. The number of aryl methyl sites for hydroxylation is 4. The van der Waals surface area contributed by atoms with Crippen molar-refractivity contribution in [2.75, 3.05) is 10.6 Å². The highest BCUT2D eigenvalue weighted by atomic mass is 32.1. The van der Waals surface area contributed by atoms with E-state index in [1.54, 1.807) is 26.8 Å². The van der Waals surface area contributed by atoms with E-state index in [9.17, 15) is 9.59 Å². The minimum atomic E-state index is -0.589. The molecule has 2 aromatic carbocycles. The van der Waals surface area contributed by atoms with Crippen LogP contribution >= 0.6 is 11.3 Å². The average Bonchev–Trinajstić information content (AvgIpc) is 2.98. The molecule has 1 aromatic heterocycles. The normalized spacial score (nSPS) is 11.4. The van der Waals surface area contributed by atoms with Gasteiger partial charge < -0.3 is 10.1 Å². The number of fused-ring (bicyclic) bond motifs is 1. The second-order valence-electron chi connectivity index (χ2n) is 8.51. The first-order chi connectivity index (χ1) is 13.9. The van der Waals surface area contributed by atoms with Gasteiger partial charge >= 0.3 is 6.09 Å². The molecule has 0 aliphatic carbocycles. The molecule has 0 saturated heterocycles. The number of ether oxygens (including phenoxy) is 1. The van der Waals surface area contributed by atoms with Crippen molar-refractivity contribution in [3.05, 3.63) is 52.1 Å². The van der Waals surface area contributed by atoms with Gasteiger partial charge in [0.05, 0.1) is 10.2 Å². The van der Waals surface area contributed by atoms with Gasteiger partial charge in [0.2, 0.25) is 0 Å². The molecule has 6 nitrogen and oxygen atoms in total. The summed E-state index contributed by atoms with van der Waals surface area (Å²) in [5.41, 5.74) is 5.63. The smallest absolute Gasteiger partial charge is 0.413 e. The Labute approximate surface area is 180 Å². The molecule has 0 radical (unpaired) electrons. The van der Waals surface area contributed by atoms with Crippen LogP contribution in [0.1, 0.15) is 53.4 Å². The third-order valence-electron chi connectivity index (χ3n) is 4.47. The number of hydrogen-bond donors (Lipinski definition) is 2. The van der Waals surface area contributed by atoms with Crippen molar-refractivity contribution in [1.82, 2.24) is 4.98 Å². The van der Waals surface area contributed by atoms with Crippen LogP contribution < -0.4 is 10.6 Å². The summed E-state index contributed by atoms with van der Waals surface area (Å²) < 4.78 is 6.10. The van der Waals surface area contributed by atoms with Crippen LogP contribution in [0, 0.1) is 27.7 Å². The molecule has 2 N–H and O–H groups in total. The summed E-state index contributed by atoms with van der Waals surface area (Å²) in [6.45, 7) is 13.3. The van der Waals surface area contributed by atoms with Gasteiger partial charge in [-0.05, 0) is 77.3 Å². The third kappa shape index (κ3) is 4.97. The molecule has 0 aliphatic rings. The first kappa shape index (κ1) is 21.8. The van der Waals surface area contributed by atoms with Gasteiger partial charge in [-0.15, -0.1) is 0 Å². The maximum absolute atomic E-state index is 12.9. The highest BCUT2D eigenvalue weighted by molar-refractivity contribution is 7.22. The Kier molecular flexibility index (Phi) is 5.85. The number of nitrogens with one attached hydrogen (secondary N) is 2. The Morgan fingerprint density at radius 2 is 1.57 bits per heavy atom. The molecule has 0 atom stereocenters. The number of benzene rings is 2. The minimum Gasteiger partial charge on any atom is -0.444 e. The zero-order chi connectivity index (χ0) is 22.2. The Bertz CT molecular complexity index is 1120. The zero-order valence-electron chi connectivity index (χ0n) is 18.4. The predicted molar refractivity (Wildman–Crippen MR) is 123 cm³/mol. The Balaban J connectivity index is 1.86. The van der Waals surface area contributed by atoms with Crippen molar-refractivity contribution in [1.29, 1.82) is 0 Å². The molecule has 2 amide bonds. The molecule has 0 unspecified atom stereocenters. The number of carbonyl (C=O) groups excluding carboxylic acids is 2. The molecule has 7 heteroatoms. The number of anilines is 2. The average molecular weight is 426 g/mol. The number of thiazole rings is 1. The summed E-state index contributed by atoms with van der Waals surface area (Å²) >= 11 is 1.31. The summed E-state index contributed by atoms with van der Waals surface area (Å²) in [6.07, 6.45) is -0.553. The molecular weight excluding hydrogens is 398 g/mol. The molecule has 0 spiro atoms. The SMILES string of the molecule is Cc1cc(C)c(NC(=O)c2cc(C)c3nc(NC(=O)OC(C)(C)C)sc3c2)c(C)c1. The van der Waals surface area contributed by atoms with Gasteiger partial charge in [0.15, 0.2) is 5.13 Å². The van der Waals surface area contributed by atoms with Crippen molar-refractivity contribution < 1.29 is 14.3 Å². The fraction of sp³-hybridized carbons (Fsp3) is 0.348. The predicted octanol–water partition coefficient (Wildman–Crippen LogP) is 6.13. The number of aromatic nitrogens is 1. The monoisotopic (exact) mass is 425 g/mol. The van der Waals surface area contributed by atoms with Gasteiger partial charge in [-0.3, -0.25) is 10.1 Å². The maximum atomic E-state index is 12.9. The van der Waals surface area contributed by atoms with Crippen molar-refractivity contribution in [3.63, 3.8) is 0 Å².